The first-order chi connectivity index (χ1) is 9.56. The monoisotopic (exact) mass is 363 g/mol. The fourth-order valence-corrected chi connectivity index (χ4v) is 3.04. The van der Waals surface area contributed by atoms with Gasteiger partial charge in [0, 0.05) is 33.4 Å². The van der Waals surface area contributed by atoms with Crippen LogP contribution in [-0.2, 0) is 0 Å². The average molecular weight is 365 g/mol. The van der Waals surface area contributed by atoms with Crippen LogP contribution in [0.15, 0.2) is 46.9 Å². The van der Waals surface area contributed by atoms with Gasteiger partial charge in [-0.3, -0.25) is 0 Å². The van der Waals surface area contributed by atoms with E-state index in [9.17, 15) is 0 Å². The quantitative estimate of drug-likeness (QED) is 0.491. The van der Waals surface area contributed by atoms with Crippen molar-refractivity contribution in [2.75, 3.05) is 11.9 Å². The molecule has 1 aliphatic rings. The van der Waals surface area contributed by atoms with Crippen molar-refractivity contribution >= 4 is 62.1 Å². The molecule has 0 spiro atoms. The third kappa shape index (κ3) is 2.41. The summed E-state index contributed by atoms with van der Waals surface area (Å²) < 4.78 is 1.05. The standard InChI is InChI=1S/C16H11BrClNS/c1-19-15-7-4-11(17)9-13(15)14(16(19)20)8-10-2-5-12(18)6-3-10/h2-9H,1H3. The van der Waals surface area contributed by atoms with E-state index in [-0.39, 0.29) is 0 Å². The Bertz CT molecular complexity index is 722. The highest BCUT2D eigenvalue weighted by Crippen LogP contribution is 2.39. The van der Waals surface area contributed by atoms with Gasteiger partial charge in [0.05, 0.1) is 0 Å². The number of anilines is 1. The molecule has 0 aromatic heterocycles. The number of thiocarbonyl (C=S) groups is 1. The molecule has 0 fully saturated rings. The van der Waals surface area contributed by atoms with Crippen LogP contribution in [-0.4, -0.2) is 12.0 Å². The van der Waals surface area contributed by atoms with E-state index < -0.39 is 0 Å². The lowest BCUT2D eigenvalue weighted by Gasteiger charge is -2.11. The van der Waals surface area contributed by atoms with Crippen molar-refractivity contribution in [3.8, 4) is 0 Å². The number of hydrogen-bond acceptors (Lipinski definition) is 1. The Balaban J connectivity index is 2.13. The molecule has 2 aromatic carbocycles. The molecule has 0 amide bonds. The Kier molecular flexibility index (Phi) is 3.67. The molecular weight excluding hydrogens is 354 g/mol. The van der Waals surface area contributed by atoms with Crippen LogP contribution >= 0.6 is 39.7 Å². The molecule has 0 saturated heterocycles. The van der Waals surface area contributed by atoms with Crippen LogP contribution in [0, 0.1) is 0 Å². The van der Waals surface area contributed by atoms with E-state index in [1.165, 1.54) is 0 Å². The van der Waals surface area contributed by atoms with Crippen molar-refractivity contribution in [2.24, 2.45) is 0 Å². The number of hydrogen-bond donors (Lipinski definition) is 0. The van der Waals surface area contributed by atoms with Crippen molar-refractivity contribution in [2.45, 2.75) is 0 Å². The fourth-order valence-electron chi connectivity index (χ4n) is 2.29. The molecule has 0 N–H and O–H groups in total. The average Bonchev–Trinajstić information content (AvgIpc) is 2.66. The van der Waals surface area contributed by atoms with E-state index in [1.54, 1.807) is 0 Å². The van der Waals surface area contributed by atoms with E-state index in [1.807, 2.05) is 42.3 Å². The molecule has 0 unspecified atom stereocenters. The number of rotatable bonds is 1. The van der Waals surface area contributed by atoms with Crippen molar-refractivity contribution in [1.29, 1.82) is 0 Å². The second kappa shape index (κ2) is 5.32. The van der Waals surface area contributed by atoms with E-state index in [2.05, 4.69) is 34.1 Å². The largest absolute Gasteiger partial charge is 0.335 e. The van der Waals surface area contributed by atoms with Crippen LogP contribution in [0.1, 0.15) is 11.1 Å². The maximum absolute atomic E-state index is 5.92. The van der Waals surface area contributed by atoms with Gasteiger partial charge in [-0.25, -0.2) is 0 Å². The highest BCUT2D eigenvalue weighted by atomic mass is 79.9. The molecule has 20 heavy (non-hydrogen) atoms. The highest BCUT2D eigenvalue weighted by Gasteiger charge is 2.26. The molecule has 1 aliphatic heterocycles. The van der Waals surface area contributed by atoms with Gasteiger partial charge in [0.25, 0.3) is 0 Å². The molecule has 2 aromatic rings. The normalized spacial score (nSPS) is 15.8. The van der Waals surface area contributed by atoms with Gasteiger partial charge in [0.2, 0.25) is 0 Å². The minimum atomic E-state index is 0.737. The summed E-state index contributed by atoms with van der Waals surface area (Å²) >= 11 is 15.0. The minimum Gasteiger partial charge on any atom is -0.335 e. The summed E-state index contributed by atoms with van der Waals surface area (Å²) in [6.45, 7) is 0. The van der Waals surface area contributed by atoms with Gasteiger partial charge in [-0.1, -0.05) is 51.9 Å². The zero-order chi connectivity index (χ0) is 14.3. The first kappa shape index (κ1) is 13.8. The molecule has 4 heteroatoms. The molecule has 0 saturated carbocycles. The van der Waals surface area contributed by atoms with Crippen LogP contribution in [0.4, 0.5) is 5.69 Å². The zero-order valence-electron chi connectivity index (χ0n) is 10.7. The summed E-state index contributed by atoms with van der Waals surface area (Å²) in [5, 5.41) is 0.737. The molecule has 0 bridgehead atoms. The molecule has 0 atom stereocenters. The summed E-state index contributed by atoms with van der Waals surface area (Å²) in [5.41, 5.74) is 4.45. The highest BCUT2D eigenvalue weighted by molar-refractivity contribution is 9.10. The molecule has 0 aliphatic carbocycles. The van der Waals surface area contributed by atoms with Crippen LogP contribution < -0.4 is 4.90 Å². The van der Waals surface area contributed by atoms with Gasteiger partial charge in [-0.2, -0.15) is 0 Å². The first-order valence-corrected chi connectivity index (χ1v) is 7.69. The number of benzene rings is 2. The minimum absolute atomic E-state index is 0.737. The first-order valence-electron chi connectivity index (χ1n) is 6.11. The molecule has 1 heterocycles. The van der Waals surface area contributed by atoms with Gasteiger partial charge in [0.15, 0.2) is 0 Å². The van der Waals surface area contributed by atoms with Crippen LogP contribution in [0.5, 0.6) is 0 Å². The maximum Gasteiger partial charge on any atom is 0.114 e. The molecule has 3 rings (SSSR count). The van der Waals surface area contributed by atoms with Crippen LogP contribution in [0.3, 0.4) is 0 Å². The van der Waals surface area contributed by atoms with Crippen molar-refractivity contribution in [3.05, 3.63) is 63.1 Å². The fraction of sp³-hybridized carbons (Fsp3) is 0.0625. The Hall–Kier alpha value is -1.16. The Labute approximate surface area is 137 Å². The van der Waals surface area contributed by atoms with E-state index in [4.69, 9.17) is 23.8 Å². The van der Waals surface area contributed by atoms with Crippen molar-refractivity contribution in [1.82, 2.24) is 0 Å². The molecule has 0 radical (unpaired) electrons. The van der Waals surface area contributed by atoms with E-state index in [0.717, 1.165) is 36.9 Å². The predicted octanol–water partition coefficient (Wildman–Crippen LogP) is 5.42. The van der Waals surface area contributed by atoms with Gasteiger partial charge < -0.3 is 4.90 Å². The topological polar surface area (TPSA) is 3.24 Å². The van der Waals surface area contributed by atoms with Crippen LogP contribution in [0.2, 0.25) is 5.02 Å². The molecular formula is C16H11BrClNS. The van der Waals surface area contributed by atoms with E-state index in [0.29, 0.717) is 0 Å². The summed E-state index contributed by atoms with van der Waals surface area (Å²) in [4.78, 5) is 2.88. The third-order valence-corrected chi connectivity index (χ3v) is 4.57. The van der Waals surface area contributed by atoms with Gasteiger partial charge in [-0.15, -0.1) is 0 Å². The third-order valence-electron chi connectivity index (χ3n) is 3.33. The Morgan fingerprint density at radius 3 is 2.55 bits per heavy atom. The van der Waals surface area contributed by atoms with Crippen molar-refractivity contribution in [3.63, 3.8) is 0 Å². The number of halogens is 2. The van der Waals surface area contributed by atoms with Gasteiger partial charge >= 0.3 is 0 Å². The lowest BCUT2D eigenvalue weighted by Crippen LogP contribution is -2.18. The second-order valence-corrected chi connectivity index (χ2v) is 6.37. The summed E-state index contributed by atoms with van der Waals surface area (Å²) in [7, 11) is 2.00. The molecule has 1 nitrogen and oxygen atoms in total. The SMILES string of the molecule is CN1C(=S)C(=Cc2ccc(Cl)cc2)c2cc(Br)ccc21. The predicted molar refractivity (Wildman–Crippen MR) is 94.5 cm³/mol. The Morgan fingerprint density at radius 1 is 1.15 bits per heavy atom. The van der Waals surface area contributed by atoms with Gasteiger partial charge in [-0.05, 0) is 42.0 Å². The van der Waals surface area contributed by atoms with Crippen LogP contribution in [0.25, 0.3) is 11.6 Å². The molecule has 100 valence electrons. The van der Waals surface area contributed by atoms with Crippen molar-refractivity contribution < 1.29 is 0 Å². The summed E-state index contributed by atoms with van der Waals surface area (Å²) in [5.74, 6) is 0. The lowest BCUT2D eigenvalue weighted by atomic mass is 10.0. The lowest BCUT2D eigenvalue weighted by molar-refractivity contribution is 1.32. The Morgan fingerprint density at radius 2 is 1.85 bits per heavy atom. The summed E-state index contributed by atoms with van der Waals surface area (Å²) in [6, 6.07) is 14.0. The van der Waals surface area contributed by atoms with Gasteiger partial charge in [0.1, 0.15) is 4.99 Å². The summed E-state index contributed by atoms with van der Waals surface area (Å²) in [6.07, 6.45) is 2.10. The number of fused-ring (bicyclic) bond motifs is 1. The number of likely N-dealkylation sites (N-methyl/N-ethyl adjacent to an activating group) is 1. The maximum atomic E-state index is 5.92. The number of nitrogens with zero attached hydrogens (tertiary/aromatic N) is 1. The second-order valence-electron chi connectivity index (χ2n) is 4.64. The smallest absolute Gasteiger partial charge is 0.114 e. The zero-order valence-corrected chi connectivity index (χ0v) is 13.9. The van der Waals surface area contributed by atoms with E-state index >= 15 is 0 Å².